The molecule has 5 heteroatoms. The lowest BCUT2D eigenvalue weighted by Crippen LogP contribution is -2.18. The summed E-state index contributed by atoms with van der Waals surface area (Å²) in [6.45, 7) is 0. The van der Waals surface area contributed by atoms with Gasteiger partial charge in [-0.1, -0.05) is 17.2 Å². The Balaban J connectivity index is 2.68. The van der Waals surface area contributed by atoms with Gasteiger partial charge in [-0.15, -0.1) is 0 Å². The molecule has 0 saturated carbocycles. The van der Waals surface area contributed by atoms with Crippen molar-refractivity contribution >= 4 is 0 Å². The second-order valence-electron chi connectivity index (χ2n) is 2.05. The first-order valence-electron chi connectivity index (χ1n) is 3.12. The Kier molecular flexibility index (Phi) is 3.12. The van der Waals surface area contributed by atoms with Crippen LogP contribution in [-0.2, 0) is 9.93 Å². The molecule has 1 aromatic rings. The highest BCUT2D eigenvalue weighted by molar-refractivity contribution is 5.16. The SMILES string of the molecule is [O-]C(OOO)c1ccc(F)cc1. The van der Waals surface area contributed by atoms with E-state index in [0.717, 1.165) is 12.1 Å². The number of hydrogen-bond acceptors (Lipinski definition) is 4. The average molecular weight is 173 g/mol. The van der Waals surface area contributed by atoms with Crippen LogP contribution >= 0.6 is 0 Å². The summed E-state index contributed by atoms with van der Waals surface area (Å²) < 4.78 is 12.3. The van der Waals surface area contributed by atoms with E-state index >= 15 is 0 Å². The molecule has 0 bridgehead atoms. The molecule has 0 fully saturated rings. The standard InChI is InChI=1S/C7H6FO4/c8-6-3-1-5(2-4-6)7(9)11-12-10/h1-4,7,10H/q-1. The van der Waals surface area contributed by atoms with Crippen LogP contribution in [0.4, 0.5) is 4.39 Å². The van der Waals surface area contributed by atoms with Gasteiger partial charge in [-0.2, -0.15) is 0 Å². The Morgan fingerprint density at radius 2 is 1.92 bits per heavy atom. The fraction of sp³-hybridized carbons (Fsp3) is 0.143. The van der Waals surface area contributed by atoms with E-state index in [1.54, 1.807) is 0 Å². The molecular formula is C7H6FO4-. The van der Waals surface area contributed by atoms with Crippen molar-refractivity contribution in [2.45, 2.75) is 6.29 Å². The van der Waals surface area contributed by atoms with Crippen molar-refractivity contribution in [1.29, 1.82) is 0 Å². The number of rotatable bonds is 3. The summed E-state index contributed by atoms with van der Waals surface area (Å²) >= 11 is 0. The molecule has 1 atom stereocenters. The van der Waals surface area contributed by atoms with Gasteiger partial charge in [-0.05, 0) is 17.7 Å². The molecule has 66 valence electrons. The molecule has 0 aliphatic rings. The Bertz CT molecular complexity index is 236. The zero-order valence-electron chi connectivity index (χ0n) is 5.94. The van der Waals surface area contributed by atoms with Gasteiger partial charge in [0.1, 0.15) is 5.82 Å². The lowest BCUT2D eigenvalue weighted by atomic mass is 10.2. The van der Waals surface area contributed by atoms with Crippen molar-refractivity contribution < 1.29 is 24.7 Å². The molecule has 0 saturated heterocycles. The number of halogens is 1. The maximum atomic E-state index is 12.3. The molecule has 0 aliphatic carbocycles. The number of benzene rings is 1. The maximum Gasteiger partial charge on any atom is 0.123 e. The lowest BCUT2D eigenvalue weighted by molar-refractivity contribution is -0.628. The van der Waals surface area contributed by atoms with E-state index in [1.807, 2.05) is 0 Å². The van der Waals surface area contributed by atoms with Crippen LogP contribution in [0.15, 0.2) is 24.3 Å². The molecule has 0 radical (unpaired) electrons. The van der Waals surface area contributed by atoms with Crippen LogP contribution in [0.1, 0.15) is 11.9 Å². The predicted molar refractivity (Wildman–Crippen MR) is 33.9 cm³/mol. The summed E-state index contributed by atoms with van der Waals surface area (Å²) in [4.78, 5) is 3.85. The lowest BCUT2D eigenvalue weighted by Gasteiger charge is -2.18. The molecule has 1 aromatic carbocycles. The van der Waals surface area contributed by atoms with E-state index in [9.17, 15) is 9.50 Å². The largest absolute Gasteiger partial charge is 0.825 e. The fourth-order valence-corrected chi connectivity index (χ4v) is 0.715. The Morgan fingerprint density at radius 1 is 1.33 bits per heavy atom. The predicted octanol–water partition coefficient (Wildman–Crippen LogP) is 0.606. The van der Waals surface area contributed by atoms with Gasteiger partial charge >= 0.3 is 0 Å². The van der Waals surface area contributed by atoms with Gasteiger partial charge in [0.15, 0.2) is 0 Å². The van der Waals surface area contributed by atoms with E-state index in [0.29, 0.717) is 0 Å². The van der Waals surface area contributed by atoms with Crippen LogP contribution < -0.4 is 5.11 Å². The van der Waals surface area contributed by atoms with Gasteiger partial charge in [-0.25, -0.2) is 14.5 Å². The van der Waals surface area contributed by atoms with Crippen LogP contribution in [-0.4, -0.2) is 5.26 Å². The molecular weight excluding hydrogens is 167 g/mol. The van der Waals surface area contributed by atoms with Crippen molar-refractivity contribution in [2.75, 3.05) is 0 Å². The van der Waals surface area contributed by atoms with Crippen LogP contribution in [0.2, 0.25) is 0 Å². The summed E-state index contributed by atoms with van der Waals surface area (Å²) in [5, 5.41) is 21.7. The molecule has 0 aromatic heterocycles. The summed E-state index contributed by atoms with van der Waals surface area (Å²) in [6.07, 6.45) is -1.67. The van der Waals surface area contributed by atoms with Gasteiger partial charge < -0.3 is 5.11 Å². The first-order valence-corrected chi connectivity index (χ1v) is 3.12. The van der Waals surface area contributed by atoms with Crippen LogP contribution in [0.5, 0.6) is 0 Å². The van der Waals surface area contributed by atoms with Gasteiger partial charge in [0.25, 0.3) is 0 Å². The highest BCUT2D eigenvalue weighted by Crippen LogP contribution is 2.11. The summed E-state index contributed by atoms with van der Waals surface area (Å²) in [5.74, 6) is -0.448. The van der Waals surface area contributed by atoms with Crippen LogP contribution in [0, 0.1) is 5.82 Å². The zero-order chi connectivity index (χ0) is 8.97. The summed E-state index contributed by atoms with van der Waals surface area (Å²) in [6, 6.07) is 4.71. The summed E-state index contributed by atoms with van der Waals surface area (Å²) in [7, 11) is 0. The third-order valence-electron chi connectivity index (χ3n) is 1.27. The average Bonchev–Trinajstić information content (AvgIpc) is 2.06. The van der Waals surface area contributed by atoms with Crippen molar-refractivity contribution in [3.63, 3.8) is 0 Å². The highest BCUT2D eigenvalue weighted by atomic mass is 19.1. The van der Waals surface area contributed by atoms with E-state index < -0.39 is 12.1 Å². The number of hydrogen-bond donors (Lipinski definition) is 1. The zero-order valence-corrected chi connectivity index (χ0v) is 5.94. The van der Waals surface area contributed by atoms with Gasteiger partial charge in [0, 0.05) is 6.29 Å². The van der Waals surface area contributed by atoms with Crippen molar-refractivity contribution in [2.24, 2.45) is 0 Å². The van der Waals surface area contributed by atoms with Gasteiger partial charge in [0.2, 0.25) is 0 Å². The molecule has 12 heavy (non-hydrogen) atoms. The van der Waals surface area contributed by atoms with Gasteiger partial charge in [-0.3, -0.25) is 0 Å². The molecule has 1 unspecified atom stereocenters. The minimum atomic E-state index is -1.67. The maximum absolute atomic E-state index is 12.3. The third kappa shape index (κ3) is 2.24. The molecule has 1 N–H and O–H groups in total. The van der Waals surface area contributed by atoms with E-state index in [-0.39, 0.29) is 5.56 Å². The molecule has 0 aliphatic heterocycles. The second-order valence-corrected chi connectivity index (χ2v) is 2.05. The molecule has 4 nitrogen and oxygen atoms in total. The Morgan fingerprint density at radius 3 is 2.42 bits per heavy atom. The minimum absolute atomic E-state index is 0.172. The minimum Gasteiger partial charge on any atom is -0.825 e. The van der Waals surface area contributed by atoms with Gasteiger partial charge in [0.05, 0.1) is 0 Å². The Hall–Kier alpha value is -1.01. The smallest absolute Gasteiger partial charge is 0.123 e. The fourth-order valence-electron chi connectivity index (χ4n) is 0.715. The normalized spacial score (nSPS) is 12.9. The van der Waals surface area contributed by atoms with Crippen molar-refractivity contribution in [3.05, 3.63) is 35.6 Å². The van der Waals surface area contributed by atoms with Crippen LogP contribution in [0.3, 0.4) is 0 Å². The van der Waals surface area contributed by atoms with E-state index in [4.69, 9.17) is 5.26 Å². The topological polar surface area (TPSA) is 61.8 Å². The second kappa shape index (κ2) is 4.13. The third-order valence-corrected chi connectivity index (χ3v) is 1.27. The van der Waals surface area contributed by atoms with Crippen molar-refractivity contribution in [1.82, 2.24) is 0 Å². The van der Waals surface area contributed by atoms with E-state index in [1.165, 1.54) is 12.1 Å². The monoisotopic (exact) mass is 173 g/mol. The first-order chi connectivity index (χ1) is 5.74. The molecule has 0 heterocycles. The first kappa shape index (κ1) is 9.08. The molecule has 0 spiro atoms. The Labute approximate surface area is 67.6 Å². The van der Waals surface area contributed by atoms with Crippen molar-refractivity contribution in [3.8, 4) is 0 Å². The molecule has 0 amide bonds. The quantitative estimate of drug-likeness (QED) is 0.413. The summed E-state index contributed by atoms with van der Waals surface area (Å²) in [5.41, 5.74) is 0.172. The van der Waals surface area contributed by atoms with E-state index in [2.05, 4.69) is 9.93 Å². The molecule has 1 rings (SSSR count). The highest BCUT2D eigenvalue weighted by Gasteiger charge is 1.99. The van der Waals surface area contributed by atoms with Crippen LogP contribution in [0.25, 0.3) is 0 Å².